The summed E-state index contributed by atoms with van der Waals surface area (Å²) in [6.45, 7) is 0.620. The Morgan fingerprint density at radius 2 is 1.95 bits per heavy atom. The highest BCUT2D eigenvalue weighted by Gasteiger charge is 2.25. The molecule has 100 valence electrons. The van der Waals surface area contributed by atoms with E-state index < -0.39 is 0 Å². The van der Waals surface area contributed by atoms with Crippen molar-refractivity contribution in [3.63, 3.8) is 0 Å². The van der Waals surface area contributed by atoms with E-state index >= 15 is 0 Å². The number of nitrogens with two attached hydrogens (primary N) is 1. The largest absolute Gasteiger partial charge is 0.348 e. The molecule has 19 heavy (non-hydrogen) atoms. The van der Waals surface area contributed by atoms with Crippen LogP contribution in [0.3, 0.4) is 0 Å². The van der Waals surface area contributed by atoms with Gasteiger partial charge in [0.2, 0.25) is 0 Å². The molecule has 3 rings (SSSR count). The molecule has 0 unspecified atom stereocenters. The highest BCUT2D eigenvalue weighted by atomic mass is 16.2. The number of nitrogens with one attached hydrogen (secondary N) is 1. The first kappa shape index (κ1) is 12.4. The summed E-state index contributed by atoms with van der Waals surface area (Å²) in [7, 11) is 0. The molecular weight excluding hydrogens is 238 g/mol. The van der Waals surface area contributed by atoms with E-state index in [1.807, 2.05) is 24.3 Å². The van der Waals surface area contributed by atoms with Crippen molar-refractivity contribution in [1.82, 2.24) is 5.32 Å². The Balaban J connectivity index is 1.66. The molecule has 4 heteroatoms. The molecule has 1 saturated carbocycles. The average molecular weight is 257 g/mol. The van der Waals surface area contributed by atoms with Crippen LogP contribution in [0, 0.1) is 0 Å². The van der Waals surface area contributed by atoms with Crippen molar-refractivity contribution >= 4 is 11.6 Å². The number of hydrogen-bond donors (Lipinski definition) is 2. The fourth-order valence-corrected chi connectivity index (χ4v) is 2.85. The summed E-state index contributed by atoms with van der Waals surface area (Å²) in [4.78, 5) is 16.6. The molecule has 1 amide bonds. The molecule has 1 aromatic rings. The molecule has 1 aliphatic heterocycles. The molecule has 1 heterocycles. The van der Waals surface area contributed by atoms with E-state index in [9.17, 15) is 4.79 Å². The zero-order valence-corrected chi connectivity index (χ0v) is 10.9. The Bertz CT molecular complexity index is 516. The van der Waals surface area contributed by atoms with Gasteiger partial charge in [0.15, 0.2) is 0 Å². The number of carbonyl (C=O) groups excluding carboxylic acids is 1. The number of amides is 1. The number of hydrogen-bond acceptors (Lipinski definition) is 3. The van der Waals surface area contributed by atoms with Crippen LogP contribution in [-0.4, -0.2) is 23.7 Å². The third-order valence-corrected chi connectivity index (χ3v) is 4.00. The predicted octanol–water partition coefficient (Wildman–Crippen LogP) is 1.38. The minimum atomic E-state index is -0.0366. The first-order valence-electron chi connectivity index (χ1n) is 6.93. The summed E-state index contributed by atoms with van der Waals surface area (Å²) < 4.78 is 0. The first-order valence-corrected chi connectivity index (χ1v) is 6.93. The van der Waals surface area contributed by atoms with Crippen molar-refractivity contribution < 1.29 is 4.79 Å². The lowest BCUT2D eigenvalue weighted by molar-refractivity contribution is -0.115. The van der Waals surface area contributed by atoms with E-state index in [0.29, 0.717) is 18.3 Å². The molecule has 1 aliphatic carbocycles. The van der Waals surface area contributed by atoms with Gasteiger partial charge in [-0.2, -0.15) is 0 Å². The van der Waals surface area contributed by atoms with Gasteiger partial charge in [-0.3, -0.25) is 9.79 Å². The van der Waals surface area contributed by atoms with Crippen LogP contribution in [0.4, 0.5) is 0 Å². The molecule has 0 spiro atoms. The van der Waals surface area contributed by atoms with Crippen molar-refractivity contribution in [2.45, 2.75) is 44.3 Å². The maximum absolute atomic E-state index is 12.3. The molecule has 3 N–H and O–H groups in total. The topological polar surface area (TPSA) is 67.5 Å². The zero-order chi connectivity index (χ0) is 13.2. The lowest BCUT2D eigenvalue weighted by Gasteiger charge is -2.26. The third kappa shape index (κ3) is 2.54. The van der Waals surface area contributed by atoms with E-state index in [4.69, 9.17) is 5.73 Å². The molecule has 0 aromatic heterocycles. The lowest BCUT2D eigenvalue weighted by Crippen LogP contribution is -2.43. The van der Waals surface area contributed by atoms with Crippen molar-refractivity contribution in [2.24, 2.45) is 10.7 Å². The summed E-state index contributed by atoms with van der Waals surface area (Å²) in [5, 5.41) is 3.10. The van der Waals surface area contributed by atoms with Crippen LogP contribution in [0.5, 0.6) is 0 Å². The van der Waals surface area contributed by atoms with Crippen LogP contribution < -0.4 is 11.1 Å². The van der Waals surface area contributed by atoms with E-state index in [1.165, 1.54) is 0 Å². The quantitative estimate of drug-likeness (QED) is 0.840. The second-order valence-corrected chi connectivity index (χ2v) is 5.41. The summed E-state index contributed by atoms with van der Waals surface area (Å²) in [6.07, 6.45) is 3.94. The number of nitrogens with zero attached hydrogens (tertiary/aromatic N) is 1. The maximum atomic E-state index is 12.3. The number of fused-ring (bicyclic) bond motifs is 1. The Kier molecular flexibility index (Phi) is 3.34. The van der Waals surface area contributed by atoms with Gasteiger partial charge in [-0.15, -0.1) is 0 Å². The van der Waals surface area contributed by atoms with Gasteiger partial charge in [0.05, 0.1) is 6.54 Å². The van der Waals surface area contributed by atoms with Crippen molar-refractivity contribution in [1.29, 1.82) is 0 Å². The smallest absolute Gasteiger partial charge is 0.270 e. The van der Waals surface area contributed by atoms with Crippen molar-refractivity contribution in [2.75, 3.05) is 0 Å². The monoisotopic (exact) mass is 257 g/mol. The molecule has 1 fully saturated rings. The Morgan fingerprint density at radius 3 is 2.74 bits per heavy atom. The van der Waals surface area contributed by atoms with Crippen LogP contribution in [0.15, 0.2) is 29.3 Å². The number of carbonyl (C=O) groups is 1. The Labute approximate surface area is 113 Å². The number of aliphatic imine (C=N–C) groups is 1. The summed E-state index contributed by atoms with van der Waals surface area (Å²) >= 11 is 0. The first-order chi connectivity index (χ1) is 9.24. The van der Waals surface area contributed by atoms with E-state index in [-0.39, 0.29) is 11.9 Å². The molecule has 4 nitrogen and oxygen atoms in total. The lowest BCUT2D eigenvalue weighted by atomic mass is 9.91. The van der Waals surface area contributed by atoms with E-state index in [1.54, 1.807) is 0 Å². The molecule has 0 radical (unpaired) electrons. The normalized spacial score (nSPS) is 25.6. The molecule has 0 atom stereocenters. The van der Waals surface area contributed by atoms with Gasteiger partial charge in [-0.05, 0) is 31.2 Å². The molecule has 0 bridgehead atoms. The zero-order valence-electron chi connectivity index (χ0n) is 10.9. The van der Waals surface area contributed by atoms with Gasteiger partial charge in [-0.1, -0.05) is 24.3 Å². The number of benzene rings is 1. The van der Waals surface area contributed by atoms with Crippen molar-refractivity contribution in [3.05, 3.63) is 35.4 Å². The number of rotatable bonds is 2. The standard InChI is InChI=1S/C15H19N3O/c16-11-5-7-12(8-6-11)18-15(19)14-13-4-2-1-3-10(13)9-17-14/h1-4,11-12H,5-9,16H2,(H,18,19). The fraction of sp³-hybridized carbons (Fsp3) is 0.467. The van der Waals surface area contributed by atoms with Crippen LogP contribution in [0.25, 0.3) is 0 Å². The van der Waals surface area contributed by atoms with Crippen LogP contribution >= 0.6 is 0 Å². The van der Waals surface area contributed by atoms with Crippen molar-refractivity contribution in [3.8, 4) is 0 Å². The minimum Gasteiger partial charge on any atom is -0.348 e. The third-order valence-electron chi connectivity index (χ3n) is 4.00. The van der Waals surface area contributed by atoms with Gasteiger partial charge in [0, 0.05) is 17.6 Å². The summed E-state index contributed by atoms with van der Waals surface area (Å²) in [5.41, 5.74) is 8.58. The molecular formula is C15H19N3O. The van der Waals surface area contributed by atoms with Crippen LogP contribution in [0.1, 0.15) is 36.8 Å². The van der Waals surface area contributed by atoms with E-state index in [0.717, 1.165) is 36.8 Å². The van der Waals surface area contributed by atoms with Gasteiger partial charge in [0.1, 0.15) is 5.71 Å². The average Bonchev–Trinajstić information content (AvgIpc) is 2.85. The fourth-order valence-electron chi connectivity index (χ4n) is 2.85. The van der Waals surface area contributed by atoms with Gasteiger partial charge in [0.25, 0.3) is 5.91 Å². The van der Waals surface area contributed by atoms with Crippen LogP contribution in [0.2, 0.25) is 0 Å². The Hall–Kier alpha value is -1.68. The van der Waals surface area contributed by atoms with E-state index in [2.05, 4.69) is 10.3 Å². The van der Waals surface area contributed by atoms with Gasteiger partial charge in [-0.25, -0.2) is 0 Å². The second-order valence-electron chi connectivity index (χ2n) is 5.41. The molecule has 1 aromatic carbocycles. The molecule has 0 saturated heterocycles. The van der Waals surface area contributed by atoms with Gasteiger partial charge < -0.3 is 11.1 Å². The summed E-state index contributed by atoms with van der Waals surface area (Å²) in [5.74, 6) is -0.0366. The van der Waals surface area contributed by atoms with Crippen LogP contribution in [-0.2, 0) is 11.3 Å². The maximum Gasteiger partial charge on any atom is 0.270 e. The summed E-state index contributed by atoms with van der Waals surface area (Å²) in [6, 6.07) is 8.49. The molecule has 2 aliphatic rings. The minimum absolute atomic E-state index is 0.0366. The highest BCUT2D eigenvalue weighted by Crippen LogP contribution is 2.20. The predicted molar refractivity (Wildman–Crippen MR) is 75.1 cm³/mol. The highest BCUT2D eigenvalue weighted by molar-refractivity contribution is 6.46. The Morgan fingerprint density at radius 1 is 1.21 bits per heavy atom. The SMILES string of the molecule is NC1CCC(NC(=O)C2=NCc3ccccc32)CC1. The second kappa shape index (κ2) is 5.13. The van der Waals surface area contributed by atoms with Gasteiger partial charge >= 0.3 is 0 Å².